The van der Waals surface area contributed by atoms with Gasteiger partial charge in [0.15, 0.2) is 0 Å². The highest BCUT2D eigenvalue weighted by molar-refractivity contribution is 5.77. The summed E-state index contributed by atoms with van der Waals surface area (Å²) < 4.78 is 31.5. The Balaban J connectivity index is 3.03. The van der Waals surface area contributed by atoms with Crippen molar-refractivity contribution >= 4 is 5.97 Å². The molecule has 3 nitrogen and oxygen atoms in total. The predicted molar refractivity (Wildman–Crippen MR) is 53.7 cm³/mol. The molecule has 0 atom stereocenters. The number of rotatable bonds is 4. The maximum atomic E-state index is 13.1. The zero-order valence-electron chi connectivity index (χ0n) is 8.91. The van der Waals surface area contributed by atoms with Crippen molar-refractivity contribution in [2.24, 2.45) is 0 Å². The van der Waals surface area contributed by atoms with Crippen molar-refractivity contribution in [3.05, 3.63) is 29.8 Å². The van der Waals surface area contributed by atoms with E-state index in [4.69, 9.17) is 9.84 Å². The van der Waals surface area contributed by atoms with Crippen LogP contribution in [0.2, 0.25) is 0 Å². The largest absolute Gasteiger partial charge is 0.491 e. The van der Waals surface area contributed by atoms with E-state index in [-0.39, 0.29) is 11.9 Å². The lowest BCUT2D eigenvalue weighted by Crippen LogP contribution is -2.25. The molecule has 0 radical (unpaired) electrons. The Morgan fingerprint density at radius 3 is 2.56 bits per heavy atom. The number of hydrogen-bond donors (Lipinski definition) is 1. The van der Waals surface area contributed by atoms with Crippen LogP contribution in [0.15, 0.2) is 24.3 Å². The maximum Gasteiger partial charge on any atom is 0.379 e. The quantitative estimate of drug-likeness (QED) is 0.864. The fourth-order valence-corrected chi connectivity index (χ4v) is 1.16. The van der Waals surface area contributed by atoms with Crippen LogP contribution < -0.4 is 4.74 Å². The topological polar surface area (TPSA) is 46.5 Å². The Kier molecular flexibility index (Phi) is 3.47. The first-order chi connectivity index (χ1) is 7.34. The summed E-state index contributed by atoms with van der Waals surface area (Å²) in [5.74, 6) is -5.83. The van der Waals surface area contributed by atoms with Crippen LogP contribution in [-0.4, -0.2) is 17.2 Å². The summed E-state index contributed by atoms with van der Waals surface area (Å²) in [6, 6.07) is 4.93. The molecule has 88 valence electrons. The third kappa shape index (κ3) is 2.68. The zero-order chi connectivity index (χ0) is 12.3. The molecule has 1 aromatic rings. The molecule has 0 heterocycles. The van der Waals surface area contributed by atoms with Crippen molar-refractivity contribution in [2.75, 3.05) is 0 Å². The summed E-state index contributed by atoms with van der Waals surface area (Å²) in [5, 5.41) is 8.38. The number of hydrogen-bond acceptors (Lipinski definition) is 2. The van der Waals surface area contributed by atoms with E-state index in [2.05, 4.69) is 0 Å². The zero-order valence-corrected chi connectivity index (χ0v) is 8.91. The molecular formula is C11H12F2O3. The molecule has 0 aliphatic heterocycles. The van der Waals surface area contributed by atoms with E-state index in [9.17, 15) is 13.6 Å². The lowest BCUT2D eigenvalue weighted by molar-refractivity contribution is -0.166. The van der Waals surface area contributed by atoms with Gasteiger partial charge in [0.2, 0.25) is 0 Å². The van der Waals surface area contributed by atoms with E-state index < -0.39 is 17.5 Å². The molecular weight excluding hydrogens is 218 g/mol. The van der Waals surface area contributed by atoms with Crippen LogP contribution in [0.5, 0.6) is 5.75 Å². The van der Waals surface area contributed by atoms with Gasteiger partial charge in [0.05, 0.1) is 6.10 Å². The third-order valence-corrected chi connectivity index (χ3v) is 1.84. The molecule has 0 unspecified atom stereocenters. The highest BCUT2D eigenvalue weighted by Gasteiger charge is 2.41. The Hall–Kier alpha value is -1.65. The molecule has 0 amide bonds. The molecule has 5 heteroatoms. The number of alkyl halides is 2. The van der Waals surface area contributed by atoms with Gasteiger partial charge >= 0.3 is 11.9 Å². The number of benzene rings is 1. The average Bonchev–Trinajstić information content (AvgIpc) is 2.16. The molecule has 0 saturated heterocycles. The van der Waals surface area contributed by atoms with Gasteiger partial charge in [0.1, 0.15) is 5.75 Å². The van der Waals surface area contributed by atoms with Crippen LogP contribution in [0.25, 0.3) is 0 Å². The molecule has 1 N–H and O–H groups in total. The van der Waals surface area contributed by atoms with Crippen LogP contribution in [0, 0.1) is 0 Å². The second-order valence-electron chi connectivity index (χ2n) is 3.57. The summed E-state index contributed by atoms with van der Waals surface area (Å²) in [4.78, 5) is 10.4. The number of carboxylic acid groups (broad SMARTS) is 1. The third-order valence-electron chi connectivity index (χ3n) is 1.84. The van der Waals surface area contributed by atoms with Gasteiger partial charge in [0.25, 0.3) is 0 Å². The van der Waals surface area contributed by atoms with Gasteiger partial charge in [-0.3, -0.25) is 0 Å². The molecule has 0 aliphatic carbocycles. The summed E-state index contributed by atoms with van der Waals surface area (Å²) in [7, 11) is 0. The number of carboxylic acids is 1. The SMILES string of the molecule is CC(C)Oc1cccc(C(F)(F)C(=O)O)c1. The van der Waals surface area contributed by atoms with E-state index in [0.29, 0.717) is 0 Å². The van der Waals surface area contributed by atoms with Crippen molar-refractivity contribution in [2.45, 2.75) is 25.9 Å². The number of aliphatic carboxylic acids is 1. The fourth-order valence-electron chi connectivity index (χ4n) is 1.16. The molecule has 0 aromatic heterocycles. The molecule has 16 heavy (non-hydrogen) atoms. The van der Waals surface area contributed by atoms with Gasteiger partial charge in [-0.2, -0.15) is 8.78 Å². The Bertz CT molecular complexity index is 389. The smallest absolute Gasteiger partial charge is 0.379 e. The second-order valence-corrected chi connectivity index (χ2v) is 3.57. The number of halogens is 2. The van der Waals surface area contributed by atoms with Gasteiger partial charge in [-0.1, -0.05) is 12.1 Å². The lowest BCUT2D eigenvalue weighted by Gasteiger charge is -2.14. The van der Waals surface area contributed by atoms with Crippen LogP contribution in [0.3, 0.4) is 0 Å². The molecule has 0 saturated carbocycles. The molecule has 0 aliphatic rings. The molecule has 0 bridgehead atoms. The maximum absolute atomic E-state index is 13.1. The number of ether oxygens (including phenoxy) is 1. The lowest BCUT2D eigenvalue weighted by atomic mass is 10.1. The van der Waals surface area contributed by atoms with Crippen molar-refractivity contribution < 1.29 is 23.4 Å². The summed E-state index contributed by atoms with van der Waals surface area (Å²) in [6.45, 7) is 3.50. The normalized spacial score (nSPS) is 11.6. The Morgan fingerprint density at radius 2 is 2.06 bits per heavy atom. The highest BCUT2D eigenvalue weighted by atomic mass is 19.3. The van der Waals surface area contributed by atoms with E-state index >= 15 is 0 Å². The van der Waals surface area contributed by atoms with E-state index in [1.807, 2.05) is 0 Å². The first kappa shape index (κ1) is 12.4. The molecule has 0 spiro atoms. The number of carbonyl (C=O) groups is 1. The Morgan fingerprint density at radius 1 is 1.44 bits per heavy atom. The van der Waals surface area contributed by atoms with Crippen molar-refractivity contribution in [3.8, 4) is 5.75 Å². The van der Waals surface area contributed by atoms with Crippen LogP contribution in [0.4, 0.5) is 8.78 Å². The first-order valence-electron chi connectivity index (χ1n) is 4.72. The van der Waals surface area contributed by atoms with Gasteiger partial charge in [-0.25, -0.2) is 4.79 Å². The van der Waals surface area contributed by atoms with E-state index in [0.717, 1.165) is 12.1 Å². The van der Waals surface area contributed by atoms with E-state index in [1.54, 1.807) is 13.8 Å². The van der Waals surface area contributed by atoms with Crippen LogP contribution >= 0.6 is 0 Å². The minimum absolute atomic E-state index is 0.159. The molecule has 1 rings (SSSR count). The second kappa shape index (κ2) is 4.47. The molecule has 0 fully saturated rings. The minimum atomic E-state index is -3.89. The highest BCUT2D eigenvalue weighted by Crippen LogP contribution is 2.30. The first-order valence-corrected chi connectivity index (χ1v) is 4.72. The monoisotopic (exact) mass is 230 g/mol. The van der Waals surface area contributed by atoms with Crippen molar-refractivity contribution in [1.82, 2.24) is 0 Å². The average molecular weight is 230 g/mol. The van der Waals surface area contributed by atoms with Gasteiger partial charge in [0, 0.05) is 5.56 Å². The summed E-state index contributed by atoms with van der Waals surface area (Å²) in [5.41, 5.74) is -0.585. The van der Waals surface area contributed by atoms with Crippen LogP contribution in [-0.2, 0) is 10.7 Å². The minimum Gasteiger partial charge on any atom is -0.491 e. The predicted octanol–water partition coefficient (Wildman–Crippen LogP) is 2.65. The van der Waals surface area contributed by atoms with Gasteiger partial charge in [-0.15, -0.1) is 0 Å². The standard InChI is InChI=1S/C11H12F2O3/c1-7(2)16-9-5-3-4-8(6-9)11(12,13)10(14)15/h3-7H,1-2H3,(H,14,15). The summed E-state index contributed by atoms with van der Waals surface area (Å²) in [6.07, 6.45) is -0.159. The van der Waals surface area contributed by atoms with Gasteiger partial charge < -0.3 is 9.84 Å². The summed E-state index contributed by atoms with van der Waals surface area (Å²) >= 11 is 0. The fraction of sp³-hybridized carbons (Fsp3) is 0.364. The van der Waals surface area contributed by atoms with Crippen molar-refractivity contribution in [3.63, 3.8) is 0 Å². The molecule has 1 aromatic carbocycles. The Labute approximate surface area is 91.7 Å². The van der Waals surface area contributed by atoms with Crippen LogP contribution in [0.1, 0.15) is 19.4 Å². The van der Waals surface area contributed by atoms with Gasteiger partial charge in [-0.05, 0) is 26.0 Å². The van der Waals surface area contributed by atoms with Crippen molar-refractivity contribution in [1.29, 1.82) is 0 Å². The van der Waals surface area contributed by atoms with E-state index in [1.165, 1.54) is 12.1 Å².